The first-order valence-electron chi connectivity index (χ1n) is 9.72. The molecule has 0 aliphatic carbocycles. The molecule has 1 aliphatic heterocycles. The SMILES string of the molecule is CCOc1ccccc1NC(=S)N(Cc1ccc(OC)cc1)CC1CCCO1. The van der Waals surface area contributed by atoms with Crippen molar-refractivity contribution in [3.8, 4) is 11.5 Å². The van der Waals surface area contributed by atoms with Gasteiger partial charge in [-0.1, -0.05) is 24.3 Å². The Balaban J connectivity index is 1.74. The minimum atomic E-state index is 0.208. The predicted molar refractivity (Wildman–Crippen MR) is 116 cm³/mol. The molecule has 150 valence electrons. The van der Waals surface area contributed by atoms with E-state index in [0.29, 0.717) is 18.3 Å². The average Bonchev–Trinajstić information content (AvgIpc) is 3.23. The fraction of sp³-hybridized carbons (Fsp3) is 0.409. The van der Waals surface area contributed by atoms with Gasteiger partial charge in [0, 0.05) is 19.7 Å². The molecule has 2 aromatic carbocycles. The van der Waals surface area contributed by atoms with Crippen LogP contribution < -0.4 is 14.8 Å². The lowest BCUT2D eigenvalue weighted by Crippen LogP contribution is -2.39. The van der Waals surface area contributed by atoms with Crippen molar-refractivity contribution < 1.29 is 14.2 Å². The van der Waals surface area contributed by atoms with Gasteiger partial charge in [-0.2, -0.15) is 0 Å². The standard InChI is InChI=1S/C22H28N2O3S/c1-3-26-21-9-5-4-8-20(21)23-22(28)24(16-19-7-6-14-27-19)15-17-10-12-18(25-2)13-11-17/h4-5,8-13,19H,3,6-7,14-16H2,1-2H3,(H,23,28). The van der Waals surface area contributed by atoms with Gasteiger partial charge in [0.15, 0.2) is 5.11 Å². The van der Waals surface area contributed by atoms with Crippen LogP contribution in [0.5, 0.6) is 11.5 Å². The van der Waals surface area contributed by atoms with Crippen LogP contribution in [0, 0.1) is 0 Å². The van der Waals surface area contributed by atoms with Crippen LogP contribution in [0.15, 0.2) is 48.5 Å². The molecule has 1 heterocycles. The molecule has 0 amide bonds. The number of nitrogens with zero attached hydrogens (tertiary/aromatic N) is 1. The Labute approximate surface area is 172 Å². The van der Waals surface area contributed by atoms with Crippen LogP contribution in [0.1, 0.15) is 25.3 Å². The van der Waals surface area contributed by atoms with Crippen molar-refractivity contribution >= 4 is 23.0 Å². The fourth-order valence-corrected chi connectivity index (χ4v) is 3.50. The van der Waals surface area contributed by atoms with Crippen molar-refractivity contribution in [2.45, 2.75) is 32.4 Å². The summed E-state index contributed by atoms with van der Waals surface area (Å²) in [6, 6.07) is 15.9. The molecule has 0 saturated carbocycles. The maximum atomic E-state index is 5.85. The Bertz CT molecular complexity index is 761. The van der Waals surface area contributed by atoms with Gasteiger partial charge in [-0.15, -0.1) is 0 Å². The highest BCUT2D eigenvalue weighted by molar-refractivity contribution is 7.80. The summed E-state index contributed by atoms with van der Waals surface area (Å²) in [5, 5.41) is 4.03. The van der Waals surface area contributed by atoms with E-state index in [-0.39, 0.29) is 6.10 Å². The topological polar surface area (TPSA) is 43.0 Å². The largest absolute Gasteiger partial charge is 0.497 e. The normalized spacial score (nSPS) is 15.9. The van der Waals surface area contributed by atoms with Gasteiger partial charge in [0.25, 0.3) is 0 Å². The molecule has 1 atom stereocenters. The first-order valence-corrected chi connectivity index (χ1v) is 10.1. The van der Waals surface area contributed by atoms with E-state index in [0.717, 1.165) is 43.2 Å². The Hall–Kier alpha value is -2.31. The molecule has 1 saturated heterocycles. The lowest BCUT2D eigenvalue weighted by molar-refractivity contribution is 0.0905. The Morgan fingerprint density at radius 3 is 2.68 bits per heavy atom. The molecule has 3 rings (SSSR count). The molecular weight excluding hydrogens is 372 g/mol. The van der Waals surface area contributed by atoms with Crippen molar-refractivity contribution in [3.63, 3.8) is 0 Å². The third kappa shape index (κ3) is 5.59. The highest BCUT2D eigenvalue weighted by Gasteiger charge is 2.21. The zero-order valence-electron chi connectivity index (χ0n) is 16.5. The number of nitrogens with one attached hydrogen (secondary N) is 1. The van der Waals surface area contributed by atoms with Crippen LogP contribution in [0.3, 0.4) is 0 Å². The highest BCUT2D eigenvalue weighted by Crippen LogP contribution is 2.25. The highest BCUT2D eigenvalue weighted by atomic mass is 32.1. The molecule has 1 fully saturated rings. The molecule has 0 bridgehead atoms. The smallest absolute Gasteiger partial charge is 0.173 e. The molecule has 6 heteroatoms. The molecule has 0 spiro atoms. The zero-order valence-corrected chi connectivity index (χ0v) is 17.3. The third-order valence-electron chi connectivity index (χ3n) is 4.70. The minimum absolute atomic E-state index is 0.208. The second-order valence-electron chi connectivity index (χ2n) is 6.72. The summed E-state index contributed by atoms with van der Waals surface area (Å²) in [4.78, 5) is 2.16. The minimum Gasteiger partial charge on any atom is -0.497 e. The summed E-state index contributed by atoms with van der Waals surface area (Å²) in [5.41, 5.74) is 2.04. The summed E-state index contributed by atoms with van der Waals surface area (Å²) in [6.07, 6.45) is 2.38. The molecule has 0 aromatic heterocycles. The van der Waals surface area contributed by atoms with E-state index in [1.807, 2.05) is 43.3 Å². The van der Waals surface area contributed by atoms with Crippen molar-refractivity contribution in [2.75, 3.05) is 32.2 Å². The molecule has 2 aromatic rings. The first-order chi connectivity index (χ1) is 13.7. The number of benzene rings is 2. The third-order valence-corrected chi connectivity index (χ3v) is 5.06. The monoisotopic (exact) mass is 400 g/mol. The van der Waals surface area contributed by atoms with Gasteiger partial charge in [0.1, 0.15) is 11.5 Å². The van der Waals surface area contributed by atoms with Crippen LogP contribution in [0.2, 0.25) is 0 Å². The number of anilines is 1. The van der Waals surface area contributed by atoms with Gasteiger partial charge in [0.05, 0.1) is 25.5 Å². The van der Waals surface area contributed by atoms with Crippen LogP contribution in [-0.2, 0) is 11.3 Å². The number of rotatable bonds is 8. The number of ether oxygens (including phenoxy) is 3. The zero-order chi connectivity index (χ0) is 19.8. The van der Waals surface area contributed by atoms with Crippen LogP contribution >= 0.6 is 12.2 Å². The summed E-state index contributed by atoms with van der Waals surface area (Å²) < 4.78 is 16.8. The van der Waals surface area contributed by atoms with Gasteiger partial charge in [-0.05, 0) is 61.8 Å². The molecule has 1 N–H and O–H groups in total. The van der Waals surface area contributed by atoms with Crippen molar-refractivity contribution in [3.05, 3.63) is 54.1 Å². The Morgan fingerprint density at radius 2 is 2.00 bits per heavy atom. The van der Waals surface area contributed by atoms with E-state index in [2.05, 4.69) is 22.3 Å². The van der Waals surface area contributed by atoms with Crippen molar-refractivity contribution in [2.24, 2.45) is 0 Å². The van der Waals surface area contributed by atoms with Crippen molar-refractivity contribution in [1.82, 2.24) is 4.90 Å². The van der Waals surface area contributed by atoms with Crippen LogP contribution in [0.25, 0.3) is 0 Å². The lowest BCUT2D eigenvalue weighted by atomic mass is 10.2. The summed E-state index contributed by atoms with van der Waals surface area (Å²) in [5.74, 6) is 1.65. The van der Waals surface area contributed by atoms with E-state index < -0.39 is 0 Å². The fourth-order valence-electron chi connectivity index (χ4n) is 3.25. The second kappa shape index (κ2) is 10.3. The number of thiocarbonyl (C=S) groups is 1. The van der Waals surface area contributed by atoms with Gasteiger partial charge in [-0.25, -0.2) is 0 Å². The van der Waals surface area contributed by atoms with Gasteiger partial charge in [0.2, 0.25) is 0 Å². The Morgan fingerprint density at radius 1 is 1.21 bits per heavy atom. The molecule has 5 nitrogen and oxygen atoms in total. The molecule has 1 unspecified atom stereocenters. The van der Waals surface area contributed by atoms with Gasteiger partial charge < -0.3 is 24.4 Å². The van der Waals surface area contributed by atoms with Gasteiger partial charge >= 0.3 is 0 Å². The Kier molecular flexibility index (Phi) is 7.51. The number of hydrogen-bond donors (Lipinski definition) is 1. The predicted octanol–water partition coefficient (Wildman–Crippen LogP) is 4.47. The second-order valence-corrected chi connectivity index (χ2v) is 7.11. The van der Waals surface area contributed by atoms with E-state index in [1.165, 1.54) is 5.56 Å². The number of hydrogen-bond acceptors (Lipinski definition) is 4. The van der Waals surface area contributed by atoms with E-state index in [9.17, 15) is 0 Å². The van der Waals surface area contributed by atoms with Crippen LogP contribution in [-0.4, -0.2) is 43.0 Å². The summed E-state index contributed by atoms with van der Waals surface area (Å²) in [7, 11) is 1.67. The molecule has 1 aliphatic rings. The molecule has 0 radical (unpaired) electrons. The van der Waals surface area contributed by atoms with E-state index in [4.69, 9.17) is 26.4 Å². The quantitative estimate of drug-likeness (QED) is 0.660. The lowest BCUT2D eigenvalue weighted by Gasteiger charge is -2.29. The average molecular weight is 401 g/mol. The maximum Gasteiger partial charge on any atom is 0.173 e. The maximum absolute atomic E-state index is 5.85. The van der Waals surface area contributed by atoms with E-state index >= 15 is 0 Å². The summed E-state index contributed by atoms with van der Waals surface area (Å²) in [6.45, 7) is 4.87. The van der Waals surface area contributed by atoms with E-state index in [1.54, 1.807) is 7.11 Å². The van der Waals surface area contributed by atoms with Gasteiger partial charge in [-0.3, -0.25) is 0 Å². The number of methoxy groups -OCH3 is 1. The van der Waals surface area contributed by atoms with Crippen molar-refractivity contribution in [1.29, 1.82) is 0 Å². The molecular formula is C22H28N2O3S. The molecule has 28 heavy (non-hydrogen) atoms. The summed E-state index contributed by atoms with van der Waals surface area (Å²) >= 11 is 5.76. The first kappa shape index (κ1) is 20.4. The number of para-hydroxylation sites is 2. The van der Waals surface area contributed by atoms with Crippen LogP contribution in [0.4, 0.5) is 5.69 Å².